The van der Waals surface area contributed by atoms with Crippen molar-refractivity contribution < 1.29 is 80.2 Å². The first-order chi connectivity index (χ1) is 47.3. The van der Waals surface area contributed by atoms with Crippen LogP contribution in [0.15, 0.2) is 0 Å². The predicted molar refractivity (Wildman–Crippen MR) is 400 cm³/mol. The van der Waals surface area contributed by atoms with Gasteiger partial charge in [-0.25, -0.2) is 9.13 Å². The summed E-state index contributed by atoms with van der Waals surface area (Å²) in [6.45, 7) is 11.9. The number of ether oxygens (including phenoxy) is 4. The molecule has 0 aromatic heterocycles. The highest BCUT2D eigenvalue weighted by molar-refractivity contribution is 7.47. The molecule has 0 rings (SSSR count). The number of hydrogen-bond acceptors (Lipinski definition) is 15. The molecule has 0 saturated carbocycles. The van der Waals surface area contributed by atoms with Gasteiger partial charge in [0, 0.05) is 25.7 Å². The van der Waals surface area contributed by atoms with Crippen molar-refractivity contribution in [1.82, 2.24) is 0 Å². The van der Waals surface area contributed by atoms with Gasteiger partial charge in [-0.15, -0.1) is 0 Å². The third-order valence-electron chi connectivity index (χ3n) is 18.7. The number of phosphoric acid groups is 2. The molecule has 0 aliphatic rings. The minimum absolute atomic E-state index is 0.104. The van der Waals surface area contributed by atoms with E-state index in [1.807, 2.05) is 0 Å². The van der Waals surface area contributed by atoms with E-state index < -0.39 is 97.5 Å². The summed E-state index contributed by atoms with van der Waals surface area (Å²) in [6.07, 6.45) is 57.2. The van der Waals surface area contributed by atoms with E-state index >= 15 is 0 Å². The van der Waals surface area contributed by atoms with Crippen molar-refractivity contribution in [3.8, 4) is 0 Å². The molecule has 0 aliphatic heterocycles. The summed E-state index contributed by atoms with van der Waals surface area (Å²) in [4.78, 5) is 72.7. The second kappa shape index (κ2) is 69.4. The molecule has 98 heavy (non-hydrogen) atoms. The Kier molecular flexibility index (Phi) is 68.1. The van der Waals surface area contributed by atoms with Crippen LogP contribution in [0.3, 0.4) is 0 Å². The van der Waals surface area contributed by atoms with E-state index in [0.717, 1.165) is 120 Å². The maximum Gasteiger partial charge on any atom is 0.472 e. The molecule has 3 N–H and O–H groups in total. The van der Waals surface area contributed by atoms with E-state index in [1.54, 1.807) is 0 Å². The van der Waals surface area contributed by atoms with Gasteiger partial charge in [0.1, 0.15) is 19.3 Å². The number of rotatable bonds is 77. The molecule has 0 radical (unpaired) electrons. The van der Waals surface area contributed by atoms with Gasteiger partial charge in [-0.05, 0) is 43.4 Å². The average molecular weight is 1440 g/mol. The highest BCUT2D eigenvalue weighted by atomic mass is 31.2. The van der Waals surface area contributed by atoms with Crippen molar-refractivity contribution in [2.45, 2.75) is 426 Å². The highest BCUT2D eigenvalue weighted by Crippen LogP contribution is 2.45. The Labute approximate surface area is 600 Å². The van der Waals surface area contributed by atoms with Crippen LogP contribution in [-0.4, -0.2) is 96.7 Å². The summed E-state index contributed by atoms with van der Waals surface area (Å²) in [5.74, 6) is 0.275. The van der Waals surface area contributed by atoms with E-state index in [4.69, 9.17) is 37.0 Å². The summed E-state index contributed by atoms with van der Waals surface area (Å²) in [5, 5.41) is 10.6. The predicted octanol–water partition coefficient (Wildman–Crippen LogP) is 23.4. The second-order valence-electron chi connectivity index (χ2n) is 29.6. The molecule has 582 valence electrons. The number of carbonyl (C=O) groups is 4. The van der Waals surface area contributed by atoms with Crippen molar-refractivity contribution >= 4 is 39.5 Å². The molecule has 17 nitrogen and oxygen atoms in total. The topological polar surface area (TPSA) is 237 Å². The number of esters is 4. The summed E-state index contributed by atoms with van der Waals surface area (Å²) in [5.41, 5.74) is 0. The minimum Gasteiger partial charge on any atom is -0.462 e. The van der Waals surface area contributed by atoms with Gasteiger partial charge in [-0.1, -0.05) is 357 Å². The number of unbranched alkanes of at least 4 members (excludes halogenated alkanes) is 44. The Hall–Kier alpha value is -1.94. The number of carbonyl (C=O) groups excluding carboxylic acids is 4. The van der Waals surface area contributed by atoms with Crippen LogP contribution in [0.25, 0.3) is 0 Å². The normalized spacial score (nSPS) is 14.3. The maximum atomic E-state index is 13.1. The Bertz CT molecular complexity index is 1910. The quantitative estimate of drug-likeness (QED) is 0.0222. The lowest BCUT2D eigenvalue weighted by Crippen LogP contribution is -2.30. The fourth-order valence-electron chi connectivity index (χ4n) is 12.1. The Morgan fingerprint density at radius 1 is 0.296 bits per heavy atom. The standard InChI is InChI=1S/C79H154O17P2/c1-8-10-11-12-36-46-53-60-76(81)89-66-74(96-79(84)63-56-49-42-35-34-38-44-51-58-71(5)6)68-93-97(85,86)91-64-73(80)65-92-98(87,88)94-69-75(67-90-77(82)61-54-47-40-32-28-24-21-17-18-22-26-30-37-43-50-57-70(3)4)95-78(83)62-55-48-41-33-29-25-20-16-14-13-15-19-23-27-31-39-45-52-59-72(7)9-2/h70-75,80H,8-69H2,1-7H3,(H,85,86)(H,87,88)/t72?,73-,74+,75+/m0/s1. The van der Waals surface area contributed by atoms with Crippen LogP contribution in [0.5, 0.6) is 0 Å². The lowest BCUT2D eigenvalue weighted by molar-refractivity contribution is -0.161. The largest absolute Gasteiger partial charge is 0.472 e. The van der Waals surface area contributed by atoms with Gasteiger partial charge in [-0.2, -0.15) is 0 Å². The molecule has 0 aromatic rings. The first-order valence-corrected chi connectivity index (χ1v) is 43.9. The summed E-state index contributed by atoms with van der Waals surface area (Å²) in [7, 11) is -9.91. The van der Waals surface area contributed by atoms with Gasteiger partial charge < -0.3 is 33.8 Å². The number of aliphatic hydroxyl groups excluding tert-OH is 1. The molecule has 0 heterocycles. The minimum atomic E-state index is -4.96. The van der Waals surface area contributed by atoms with Gasteiger partial charge in [-0.3, -0.25) is 37.3 Å². The molecular formula is C79H154O17P2. The van der Waals surface area contributed by atoms with Crippen LogP contribution in [0.2, 0.25) is 0 Å². The van der Waals surface area contributed by atoms with Crippen LogP contribution in [-0.2, 0) is 65.4 Å². The summed E-state index contributed by atoms with van der Waals surface area (Å²) in [6, 6.07) is 0. The zero-order chi connectivity index (χ0) is 72.3. The van der Waals surface area contributed by atoms with E-state index in [0.29, 0.717) is 25.7 Å². The van der Waals surface area contributed by atoms with E-state index in [9.17, 15) is 43.2 Å². The lowest BCUT2D eigenvalue weighted by atomic mass is 9.99. The Balaban J connectivity index is 5.16. The first-order valence-electron chi connectivity index (χ1n) is 40.9. The molecule has 0 amide bonds. The monoisotopic (exact) mass is 1440 g/mol. The SMILES string of the molecule is CCCCCCCCCC(=O)OC[C@H](COP(=O)(O)OC[C@H](O)COP(=O)(O)OC[C@@H](COC(=O)CCCCCCCCCCCCCCCCCC(C)C)OC(=O)CCCCCCCCCCCCCCCCCCCCC(C)CC)OC(=O)CCCCCCCCCCC(C)C. The molecular weight excluding hydrogens is 1280 g/mol. The molecule has 0 bridgehead atoms. The molecule has 0 aromatic carbocycles. The van der Waals surface area contributed by atoms with Crippen LogP contribution in [0.4, 0.5) is 0 Å². The van der Waals surface area contributed by atoms with Crippen molar-refractivity contribution in [2.75, 3.05) is 39.6 Å². The van der Waals surface area contributed by atoms with Crippen molar-refractivity contribution in [2.24, 2.45) is 17.8 Å². The molecule has 0 aliphatic carbocycles. The van der Waals surface area contributed by atoms with Gasteiger partial charge >= 0.3 is 39.5 Å². The highest BCUT2D eigenvalue weighted by Gasteiger charge is 2.30. The van der Waals surface area contributed by atoms with Crippen LogP contribution >= 0.6 is 15.6 Å². The zero-order valence-corrected chi connectivity index (χ0v) is 66.0. The number of phosphoric ester groups is 2. The lowest BCUT2D eigenvalue weighted by Gasteiger charge is -2.21. The smallest absolute Gasteiger partial charge is 0.462 e. The summed E-state index contributed by atoms with van der Waals surface area (Å²) >= 11 is 0. The fraction of sp³-hybridized carbons (Fsp3) is 0.949. The third-order valence-corrected chi connectivity index (χ3v) is 20.6. The van der Waals surface area contributed by atoms with Crippen LogP contribution in [0, 0.1) is 17.8 Å². The molecule has 3 unspecified atom stereocenters. The van der Waals surface area contributed by atoms with E-state index in [-0.39, 0.29) is 25.7 Å². The van der Waals surface area contributed by atoms with Crippen molar-refractivity contribution in [3.63, 3.8) is 0 Å². The van der Waals surface area contributed by atoms with Crippen molar-refractivity contribution in [1.29, 1.82) is 0 Å². The fourth-order valence-corrected chi connectivity index (χ4v) is 13.7. The van der Waals surface area contributed by atoms with E-state index in [1.165, 1.54) is 205 Å². The molecule has 0 spiro atoms. The van der Waals surface area contributed by atoms with Crippen molar-refractivity contribution in [3.05, 3.63) is 0 Å². The Morgan fingerprint density at radius 3 is 0.776 bits per heavy atom. The van der Waals surface area contributed by atoms with Crippen LogP contribution < -0.4 is 0 Å². The first kappa shape index (κ1) is 96.1. The molecule has 19 heteroatoms. The number of aliphatic hydroxyl groups is 1. The molecule has 0 saturated heterocycles. The van der Waals surface area contributed by atoms with E-state index in [2.05, 4.69) is 48.5 Å². The number of hydrogen-bond donors (Lipinski definition) is 3. The van der Waals surface area contributed by atoms with Gasteiger partial charge in [0.05, 0.1) is 26.4 Å². The zero-order valence-electron chi connectivity index (χ0n) is 64.3. The Morgan fingerprint density at radius 2 is 0.520 bits per heavy atom. The second-order valence-corrected chi connectivity index (χ2v) is 32.6. The molecule has 6 atom stereocenters. The maximum absolute atomic E-state index is 13.1. The third kappa shape index (κ3) is 71.1. The summed E-state index contributed by atoms with van der Waals surface area (Å²) < 4.78 is 68.5. The van der Waals surface area contributed by atoms with Crippen LogP contribution in [0.1, 0.15) is 408 Å². The van der Waals surface area contributed by atoms with Gasteiger partial charge in [0.2, 0.25) is 0 Å². The van der Waals surface area contributed by atoms with Gasteiger partial charge in [0.15, 0.2) is 12.2 Å². The van der Waals surface area contributed by atoms with Gasteiger partial charge in [0.25, 0.3) is 0 Å². The molecule has 0 fully saturated rings. The average Bonchev–Trinajstić information content (AvgIpc) is 0.968.